The molecule has 0 aliphatic rings. The van der Waals surface area contributed by atoms with Gasteiger partial charge in [0.05, 0.1) is 11.6 Å². The Bertz CT molecular complexity index is 461. The summed E-state index contributed by atoms with van der Waals surface area (Å²) in [5.41, 5.74) is 0.0371. The van der Waals surface area contributed by atoms with Crippen LogP contribution in [-0.2, 0) is 6.42 Å². The molecule has 3 N–H and O–H groups in total. The second-order valence-corrected chi connectivity index (χ2v) is 5.37. The number of hydrogen-bond donors (Lipinski definition) is 3. The summed E-state index contributed by atoms with van der Waals surface area (Å²) in [6, 6.07) is -0.300. The number of rotatable bonds is 6. The fraction of sp³-hybridized carbons (Fsp3) is 0.300. The van der Waals surface area contributed by atoms with Gasteiger partial charge >= 0.3 is 12.0 Å². The van der Waals surface area contributed by atoms with Gasteiger partial charge in [0.15, 0.2) is 5.69 Å². The van der Waals surface area contributed by atoms with E-state index < -0.39 is 5.97 Å². The predicted octanol–water partition coefficient (Wildman–Crippen LogP) is 1.59. The lowest BCUT2D eigenvalue weighted by molar-refractivity contribution is 0.0691. The molecule has 0 unspecified atom stereocenters. The summed E-state index contributed by atoms with van der Waals surface area (Å²) < 4.78 is 0.684. The van der Waals surface area contributed by atoms with Crippen LogP contribution < -0.4 is 10.6 Å². The van der Waals surface area contributed by atoms with Crippen LogP contribution in [0, 0.1) is 0 Å². The summed E-state index contributed by atoms with van der Waals surface area (Å²) in [6.07, 6.45) is 0.501. The van der Waals surface area contributed by atoms with E-state index in [0.717, 1.165) is 0 Å². The molecule has 0 spiro atoms. The highest BCUT2D eigenvalue weighted by Gasteiger charge is 2.08. The van der Waals surface area contributed by atoms with Crippen LogP contribution in [0.2, 0.25) is 0 Å². The minimum absolute atomic E-state index is 0.0371. The van der Waals surface area contributed by atoms with Crippen molar-refractivity contribution in [2.45, 2.75) is 6.42 Å². The summed E-state index contributed by atoms with van der Waals surface area (Å²) in [4.78, 5) is 25.8. The van der Waals surface area contributed by atoms with E-state index in [1.807, 2.05) is 0 Å². The van der Waals surface area contributed by atoms with Crippen LogP contribution in [-0.4, -0.2) is 35.2 Å². The number of carbonyl (C=O) groups excluding carboxylic acids is 1. The van der Waals surface area contributed by atoms with Crippen LogP contribution in [0.5, 0.6) is 0 Å². The van der Waals surface area contributed by atoms with Crippen LogP contribution >= 0.6 is 27.3 Å². The van der Waals surface area contributed by atoms with Gasteiger partial charge in [-0.1, -0.05) is 22.5 Å². The molecule has 1 heterocycles. The molecule has 1 aromatic heterocycles. The van der Waals surface area contributed by atoms with Crippen molar-refractivity contribution in [1.29, 1.82) is 0 Å². The molecule has 0 atom stereocenters. The Labute approximate surface area is 116 Å². The Morgan fingerprint density at radius 2 is 2.22 bits per heavy atom. The minimum atomic E-state index is -1.04. The zero-order valence-electron chi connectivity index (χ0n) is 9.40. The van der Waals surface area contributed by atoms with E-state index in [9.17, 15) is 9.59 Å². The molecular weight excluding hydrogens is 322 g/mol. The minimum Gasteiger partial charge on any atom is -0.476 e. The van der Waals surface area contributed by atoms with Crippen molar-refractivity contribution in [1.82, 2.24) is 15.6 Å². The van der Waals surface area contributed by atoms with E-state index in [1.54, 1.807) is 0 Å². The number of hydrogen-bond acceptors (Lipinski definition) is 4. The molecule has 1 rings (SSSR count). The largest absolute Gasteiger partial charge is 0.476 e. The van der Waals surface area contributed by atoms with Gasteiger partial charge in [0.1, 0.15) is 0 Å². The lowest BCUT2D eigenvalue weighted by atomic mass is 10.4. The monoisotopic (exact) mass is 333 g/mol. The quantitative estimate of drug-likeness (QED) is 0.737. The van der Waals surface area contributed by atoms with Gasteiger partial charge < -0.3 is 15.7 Å². The normalized spacial score (nSPS) is 9.83. The third-order valence-electron chi connectivity index (χ3n) is 1.84. The third kappa shape index (κ3) is 5.28. The number of carbonyl (C=O) groups is 2. The van der Waals surface area contributed by atoms with Crippen molar-refractivity contribution in [3.05, 3.63) is 27.1 Å². The number of aromatic carboxylic acids is 1. The zero-order chi connectivity index (χ0) is 13.5. The van der Waals surface area contributed by atoms with E-state index in [-0.39, 0.29) is 11.7 Å². The van der Waals surface area contributed by atoms with Crippen LogP contribution in [0.15, 0.2) is 16.4 Å². The highest BCUT2D eigenvalue weighted by atomic mass is 79.9. The average Bonchev–Trinajstić information content (AvgIpc) is 2.75. The Hall–Kier alpha value is -1.41. The molecule has 8 heteroatoms. The smallest absolute Gasteiger partial charge is 0.355 e. The van der Waals surface area contributed by atoms with Crippen molar-refractivity contribution in [2.75, 3.05) is 13.1 Å². The molecule has 0 fully saturated rings. The van der Waals surface area contributed by atoms with Gasteiger partial charge in [0, 0.05) is 22.8 Å². The SMILES string of the molecule is C=C(Br)CNC(=O)NCCc1nc(C(=O)O)cs1. The van der Waals surface area contributed by atoms with E-state index in [2.05, 4.69) is 38.1 Å². The fourth-order valence-electron chi connectivity index (χ4n) is 1.05. The molecule has 1 aromatic rings. The molecule has 0 saturated heterocycles. The molecule has 0 bridgehead atoms. The molecule has 0 aliphatic carbocycles. The van der Waals surface area contributed by atoms with Crippen molar-refractivity contribution in [3.8, 4) is 0 Å². The van der Waals surface area contributed by atoms with Gasteiger partial charge in [0.2, 0.25) is 0 Å². The van der Waals surface area contributed by atoms with Gasteiger partial charge in [-0.25, -0.2) is 14.6 Å². The van der Waals surface area contributed by atoms with Gasteiger partial charge in [0.25, 0.3) is 0 Å². The third-order valence-corrected chi connectivity index (χ3v) is 3.03. The van der Waals surface area contributed by atoms with Crippen molar-refractivity contribution in [2.24, 2.45) is 0 Å². The van der Waals surface area contributed by atoms with Gasteiger partial charge in [-0.05, 0) is 0 Å². The number of amides is 2. The van der Waals surface area contributed by atoms with Gasteiger partial charge in [-0.15, -0.1) is 11.3 Å². The molecule has 0 saturated carbocycles. The second-order valence-electron chi connectivity index (χ2n) is 3.31. The van der Waals surface area contributed by atoms with E-state index in [4.69, 9.17) is 5.11 Å². The van der Waals surface area contributed by atoms with Crippen molar-refractivity contribution in [3.63, 3.8) is 0 Å². The molecule has 0 radical (unpaired) electrons. The number of nitrogens with zero attached hydrogens (tertiary/aromatic N) is 1. The Morgan fingerprint density at radius 3 is 2.78 bits per heavy atom. The molecule has 6 nitrogen and oxygen atoms in total. The maximum absolute atomic E-state index is 11.3. The van der Waals surface area contributed by atoms with Crippen LogP contribution in [0.1, 0.15) is 15.5 Å². The first-order valence-electron chi connectivity index (χ1n) is 5.01. The molecule has 0 aromatic carbocycles. The van der Waals surface area contributed by atoms with Crippen LogP contribution in [0.3, 0.4) is 0 Å². The number of nitrogens with one attached hydrogen (secondary N) is 2. The maximum atomic E-state index is 11.3. The van der Waals surface area contributed by atoms with E-state index >= 15 is 0 Å². The number of halogens is 1. The Balaban J connectivity index is 2.26. The maximum Gasteiger partial charge on any atom is 0.355 e. The zero-order valence-corrected chi connectivity index (χ0v) is 11.8. The predicted molar refractivity (Wildman–Crippen MR) is 72.2 cm³/mol. The van der Waals surface area contributed by atoms with E-state index in [0.29, 0.717) is 29.0 Å². The van der Waals surface area contributed by atoms with E-state index in [1.165, 1.54) is 16.7 Å². The fourth-order valence-corrected chi connectivity index (χ4v) is 1.96. The summed E-state index contributed by atoms with van der Waals surface area (Å²) in [5.74, 6) is -1.04. The Morgan fingerprint density at radius 1 is 1.50 bits per heavy atom. The molecule has 0 aliphatic heterocycles. The molecular formula is C10H12BrN3O3S. The second kappa shape index (κ2) is 7.12. The lowest BCUT2D eigenvalue weighted by Gasteiger charge is -2.05. The first kappa shape index (κ1) is 14.7. The summed E-state index contributed by atoms with van der Waals surface area (Å²) in [6.45, 7) is 4.33. The first-order valence-corrected chi connectivity index (χ1v) is 6.69. The number of carboxylic acids is 1. The lowest BCUT2D eigenvalue weighted by Crippen LogP contribution is -2.37. The number of aromatic nitrogens is 1. The molecule has 2 amide bonds. The summed E-state index contributed by atoms with van der Waals surface area (Å²) >= 11 is 4.39. The Kier molecular flexibility index (Phi) is 5.79. The molecule has 18 heavy (non-hydrogen) atoms. The topological polar surface area (TPSA) is 91.3 Å². The van der Waals surface area contributed by atoms with Gasteiger partial charge in [-0.3, -0.25) is 0 Å². The number of thiazole rings is 1. The summed E-state index contributed by atoms with van der Waals surface area (Å²) in [5, 5.41) is 16.1. The number of urea groups is 1. The highest BCUT2D eigenvalue weighted by Crippen LogP contribution is 2.09. The number of carboxylic acid groups (broad SMARTS) is 1. The molecule has 98 valence electrons. The van der Waals surface area contributed by atoms with Crippen LogP contribution in [0.4, 0.5) is 4.79 Å². The first-order chi connectivity index (χ1) is 8.49. The highest BCUT2D eigenvalue weighted by molar-refractivity contribution is 9.11. The van der Waals surface area contributed by atoms with Crippen molar-refractivity contribution < 1.29 is 14.7 Å². The van der Waals surface area contributed by atoms with Crippen molar-refractivity contribution >= 4 is 39.3 Å². The van der Waals surface area contributed by atoms with Gasteiger partial charge in [-0.2, -0.15) is 0 Å². The van der Waals surface area contributed by atoms with Crippen LogP contribution in [0.25, 0.3) is 0 Å². The standard InChI is InChI=1S/C10H12BrN3O3S/c1-6(11)4-13-10(17)12-3-2-8-14-7(5-18-8)9(15)16/h5H,1-4H2,(H,15,16)(H2,12,13,17). The average molecular weight is 334 g/mol. The summed E-state index contributed by atoms with van der Waals surface area (Å²) in [7, 11) is 0.